The van der Waals surface area contributed by atoms with Crippen molar-refractivity contribution in [2.24, 2.45) is 0 Å². The van der Waals surface area contributed by atoms with Crippen molar-refractivity contribution in [3.63, 3.8) is 0 Å². The Labute approximate surface area is 141 Å². The monoisotopic (exact) mass is 330 g/mol. The van der Waals surface area contributed by atoms with Crippen molar-refractivity contribution >= 4 is 22.4 Å². The second-order valence-corrected chi connectivity index (χ2v) is 6.78. The fourth-order valence-corrected chi connectivity index (χ4v) is 3.66. The van der Waals surface area contributed by atoms with E-state index in [1.165, 1.54) is 0 Å². The zero-order valence-electron chi connectivity index (χ0n) is 13.6. The lowest BCUT2D eigenvalue weighted by atomic mass is 10.0. The van der Waals surface area contributed by atoms with Gasteiger partial charge in [0, 0.05) is 37.8 Å². The third-order valence-corrected chi connectivity index (χ3v) is 4.98. The number of benzene rings is 1. The maximum atomic E-state index is 13.0. The number of carbonyl (C=O) groups excluding carboxylic acids is 1. The molecule has 5 nitrogen and oxygen atoms in total. The van der Waals surface area contributed by atoms with Gasteiger partial charge in [0.2, 0.25) is 5.91 Å². The van der Waals surface area contributed by atoms with E-state index in [0.29, 0.717) is 0 Å². The van der Waals surface area contributed by atoms with Crippen LogP contribution in [0.25, 0.3) is 0 Å². The summed E-state index contributed by atoms with van der Waals surface area (Å²) in [5.74, 6) is 0.181. The van der Waals surface area contributed by atoms with E-state index in [-0.39, 0.29) is 11.9 Å². The number of likely N-dealkylation sites (N-methyl/N-ethyl adjacent to an activating group) is 1. The zero-order chi connectivity index (χ0) is 16.2. The molecule has 1 aromatic heterocycles. The average Bonchev–Trinajstić information content (AvgIpc) is 3.10. The highest BCUT2D eigenvalue weighted by Gasteiger charge is 2.30. The fraction of sp³-hybridized carbons (Fsp3) is 0.412. The van der Waals surface area contributed by atoms with E-state index < -0.39 is 0 Å². The third kappa shape index (κ3) is 3.54. The van der Waals surface area contributed by atoms with Gasteiger partial charge in [-0.25, -0.2) is 4.98 Å². The summed E-state index contributed by atoms with van der Waals surface area (Å²) in [6.07, 6.45) is 1.83. The molecule has 0 aliphatic carbocycles. The van der Waals surface area contributed by atoms with Crippen molar-refractivity contribution in [1.29, 1.82) is 0 Å². The summed E-state index contributed by atoms with van der Waals surface area (Å²) in [7, 11) is 3.92. The van der Waals surface area contributed by atoms with E-state index in [9.17, 15) is 4.79 Å². The summed E-state index contributed by atoms with van der Waals surface area (Å²) >= 11 is 1.65. The summed E-state index contributed by atoms with van der Waals surface area (Å²) < 4.78 is 0. The molecular weight excluding hydrogens is 308 g/mol. The van der Waals surface area contributed by atoms with E-state index >= 15 is 0 Å². The summed E-state index contributed by atoms with van der Waals surface area (Å²) in [4.78, 5) is 23.6. The van der Waals surface area contributed by atoms with Crippen LogP contribution in [0, 0.1) is 0 Å². The number of hydrogen-bond donors (Lipinski definition) is 0. The highest BCUT2D eigenvalue weighted by atomic mass is 32.1. The Morgan fingerprint density at radius 1 is 1.17 bits per heavy atom. The number of nitrogens with zero attached hydrogens (tertiary/aromatic N) is 4. The molecule has 0 radical (unpaired) electrons. The molecule has 0 saturated carbocycles. The van der Waals surface area contributed by atoms with Crippen LogP contribution < -0.4 is 4.90 Å². The molecule has 1 aliphatic rings. The van der Waals surface area contributed by atoms with Gasteiger partial charge in [0.25, 0.3) is 0 Å². The van der Waals surface area contributed by atoms with Crippen LogP contribution in [-0.4, -0.2) is 61.0 Å². The molecule has 2 heterocycles. The molecule has 1 aliphatic heterocycles. The molecule has 1 amide bonds. The first-order valence-corrected chi connectivity index (χ1v) is 8.69. The van der Waals surface area contributed by atoms with Crippen LogP contribution in [0.15, 0.2) is 41.9 Å². The van der Waals surface area contributed by atoms with Crippen molar-refractivity contribution in [1.82, 2.24) is 14.8 Å². The Morgan fingerprint density at radius 3 is 2.43 bits per heavy atom. The number of anilines is 1. The first-order chi connectivity index (χ1) is 11.2. The normalized spacial score (nSPS) is 16.7. The van der Waals surface area contributed by atoms with Gasteiger partial charge < -0.3 is 9.80 Å². The molecule has 1 unspecified atom stereocenters. The van der Waals surface area contributed by atoms with Crippen LogP contribution in [-0.2, 0) is 4.79 Å². The van der Waals surface area contributed by atoms with E-state index in [2.05, 4.69) is 9.88 Å². The number of hydrogen-bond acceptors (Lipinski definition) is 5. The molecule has 1 saturated heterocycles. The molecular formula is C17H22N4OS. The van der Waals surface area contributed by atoms with Gasteiger partial charge in [-0.05, 0) is 19.7 Å². The van der Waals surface area contributed by atoms with Crippen molar-refractivity contribution in [3.05, 3.63) is 47.5 Å². The maximum absolute atomic E-state index is 13.0. The summed E-state index contributed by atoms with van der Waals surface area (Å²) in [5, 5.41) is 3.04. The van der Waals surface area contributed by atoms with Crippen molar-refractivity contribution in [2.45, 2.75) is 6.04 Å². The first kappa shape index (κ1) is 16.0. The minimum atomic E-state index is -0.220. The van der Waals surface area contributed by atoms with Gasteiger partial charge in [-0.2, -0.15) is 0 Å². The molecule has 3 rings (SSSR count). The number of rotatable bonds is 4. The van der Waals surface area contributed by atoms with Crippen LogP contribution in [0.3, 0.4) is 0 Å². The predicted molar refractivity (Wildman–Crippen MR) is 93.8 cm³/mol. The predicted octanol–water partition coefficient (Wildman–Crippen LogP) is 2.09. The summed E-state index contributed by atoms with van der Waals surface area (Å²) in [5.41, 5.74) is 1.05. The maximum Gasteiger partial charge on any atom is 0.244 e. The molecule has 1 fully saturated rings. The van der Waals surface area contributed by atoms with Crippen LogP contribution in [0.5, 0.6) is 0 Å². The molecule has 23 heavy (non-hydrogen) atoms. The minimum absolute atomic E-state index is 0.181. The van der Waals surface area contributed by atoms with Gasteiger partial charge in [-0.15, -0.1) is 11.3 Å². The molecule has 0 spiro atoms. The van der Waals surface area contributed by atoms with E-state index in [1.54, 1.807) is 11.3 Å². The van der Waals surface area contributed by atoms with Gasteiger partial charge in [0.1, 0.15) is 6.04 Å². The van der Waals surface area contributed by atoms with Gasteiger partial charge in [-0.3, -0.25) is 9.69 Å². The molecule has 0 bridgehead atoms. The van der Waals surface area contributed by atoms with E-state index in [1.807, 2.05) is 65.8 Å². The average molecular weight is 330 g/mol. The summed E-state index contributed by atoms with van der Waals surface area (Å²) in [6.45, 7) is 3.17. The van der Waals surface area contributed by atoms with Crippen molar-refractivity contribution in [3.8, 4) is 0 Å². The van der Waals surface area contributed by atoms with Crippen LogP contribution in [0.4, 0.5) is 5.13 Å². The largest absolute Gasteiger partial charge is 0.345 e. The standard InChI is InChI=1S/C17H22N4OS/c1-19(2)15(14-6-4-3-5-7-14)16(22)20-9-11-21(12-10-20)17-18-8-13-23-17/h3-8,13,15H,9-12H2,1-2H3. The van der Waals surface area contributed by atoms with Gasteiger partial charge in [0.15, 0.2) is 5.13 Å². The Balaban J connectivity index is 1.68. The Hall–Kier alpha value is -1.92. The van der Waals surface area contributed by atoms with Crippen LogP contribution in [0.1, 0.15) is 11.6 Å². The Morgan fingerprint density at radius 2 is 1.87 bits per heavy atom. The minimum Gasteiger partial charge on any atom is -0.345 e. The first-order valence-electron chi connectivity index (χ1n) is 7.81. The number of aromatic nitrogens is 1. The smallest absolute Gasteiger partial charge is 0.244 e. The fourth-order valence-electron chi connectivity index (χ4n) is 2.96. The third-order valence-electron chi connectivity index (χ3n) is 4.15. The van der Waals surface area contributed by atoms with Crippen LogP contribution in [0.2, 0.25) is 0 Å². The Kier molecular flexibility index (Phi) is 4.93. The highest BCUT2D eigenvalue weighted by molar-refractivity contribution is 7.13. The molecule has 122 valence electrons. The lowest BCUT2D eigenvalue weighted by Crippen LogP contribution is -2.51. The lowest BCUT2D eigenvalue weighted by Gasteiger charge is -2.37. The highest BCUT2D eigenvalue weighted by Crippen LogP contribution is 2.23. The number of piperazine rings is 1. The molecule has 1 atom stereocenters. The number of amides is 1. The topological polar surface area (TPSA) is 39.7 Å². The van der Waals surface area contributed by atoms with Gasteiger partial charge >= 0.3 is 0 Å². The van der Waals surface area contributed by atoms with Gasteiger partial charge in [0.05, 0.1) is 0 Å². The zero-order valence-corrected chi connectivity index (χ0v) is 14.4. The lowest BCUT2D eigenvalue weighted by molar-refractivity contribution is -0.136. The van der Waals surface area contributed by atoms with E-state index in [0.717, 1.165) is 36.9 Å². The number of carbonyl (C=O) groups is 1. The second-order valence-electron chi connectivity index (χ2n) is 5.90. The second kappa shape index (κ2) is 7.10. The SMILES string of the molecule is CN(C)C(C(=O)N1CCN(c2nccs2)CC1)c1ccccc1. The number of thiazole rings is 1. The molecule has 1 aromatic carbocycles. The Bertz CT molecular complexity index is 621. The molecule has 2 aromatic rings. The van der Waals surface area contributed by atoms with Crippen molar-refractivity contribution < 1.29 is 4.79 Å². The van der Waals surface area contributed by atoms with Gasteiger partial charge in [-0.1, -0.05) is 30.3 Å². The van der Waals surface area contributed by atoms with E-state index in [4.69, 9.17) is 0 Å². The van der Waals surface area contributed by atoms with Crippen molar-refractivity contribution in [2.75, 3.05) is 45.2 Å². The molecule has 6 heteroatoms. The quantitative estimate of drug-likeness (QED) is 0.861. The molecule has 0 N–H and O–H groups in total. The summed E-state index contributed by atoms with van der Waals surface area (Å²) in [6, 6.07) is 9.78. The van der Waals surface area contributed by atoms with Crippen LogP contribution >= 0.6 is 11.3 Å².